The van der Waals surface area contributed by atoms with E-state index in [0.29, 0.717) is 37.6 Å². The summed E-state index contributed by atoms with van der Waals surface area (Å²) in [5.74, 6) is 2.39. The van der Waals surface area contributed by atoms with Gasteiger partial charge in [0.15, 0.2) is 0 Å². The third-order valence-electron chi connectivity index (χ3n) is 23.0. The summed E-state index contributed by atoms with van der Waals surface area (Å²) < 4.78 is 22.1. The standard InChI is InChI=1S/C29H35N3O4.C29H41N3O3.C23H25N3O4/c1-18-10-12-21-23(31(18)28(35)36-4)14-15-24-26(21)30-25(16-19-8-6-5-7-9-19)32(24)20-11-13-22(27(33)34)29(2,3)17-20;1-19-12-14-24-25(31(19)29(34)35-3)15-16-26-28(24)30-27(17-13-21-8-5-4-6-9-21)32(26)23-11-7-10-22(18-23)20(2)33;1-15-8-9-17-18(26(15)23(29)30-2)10-11-19-22(17)24-20(25(19)13-12-21(27)28)14-16-6-4-3-5-7-16/h5-9,14-15,18,20,22H,10-13,16-17H2,1-4H3,(H,33,34);15-16,19,21-23H,4-14,17-18H2,1-3H3;3-7,10-11,15H,8-9,12-14H2,1-2H3,(H,27,28)/t18-,20-,22+;19-,22+,23+;15-/m000/s1. The summed E-state index contributed by atoms with van der Waals surface area (Å²) in [6.45, 7) is 12.4. The number of hydrogen-bond donors (Lipinski definition) is 2. The minimum atomic E-state index is -0.842. The van der Waals surface area contributed by atoms with Crippen LogP contribution in [-0.4, -0.2) is 114 Å². The lowest BCUT2D eigenvalue weighted by Gasteiger charge is -2.41. The Morgan fingerprint density at radius 1 is 0.515 bits per heavy atom. The Morgan fingerprint density at radius 3 is 1.46 bits per heavy atom. The van der Waals surface area contributed by atoms with E-state index < -0.39 is 11.9 Å². The van der Waals surface area contributed by atoms with Crippen LogP contribution in [0.3, 0.4) is 0 Å². The number of rotatable bonds is 14. The fourth-order valence-electron chi connectivity index (χ4n) is 17.6. The number of aryl methyl sites for hydroxylation is 5. The molecule has 5 aromatic carbocycles. The highest BCUT2D eigenvalue weighted by atomic mass is 16.6. The minimum absolute atomic E-state index is 0.0235. The number of fused-ring (bicyclic) bond motifs is 9. The van der Waals surface area contributed by atoms with Gasteiger partial charge in [-0.1, -0.05) is 113 Å². The van der Waals surface area contributed by atoms with Gasteiger partial charge in [-0.2, -0.15) is 0 Å². The molecule has 0 spiro atoms. The number of Topliss-reactive ketones (excluding diaryl/α,β-unsaturated/α-hetero) is 1. The molecule has 0 unspecified atom stereocenters. The average Bonchev–Trinajstić information content (AvgIpc) is 1.65. The number of carbonyl (C=O) groups excluding carboxylic acids is 4. The van der Waals surface area contributed by atoms with Crippen molar-refractivity contribution in [2.75, 3.05) is 36.0 Å². The van der Waals surface area contributed by atoms with Crippen LogP contribution >= 0.6 is 0 Å². The lowest BCUT2D eigenvalue weighted by atomic mass is 9.67. The van der Waals surface area contributed by atoms with E-state index in [1.807, 2.05) is 85.1 Å². The van der Waals surface area contributed by atoms with Crippen LogP contribution in [0.1, 0.15) is 208 Å². The van der Waals surface area contributed by atoms with Gasteiger partial charge >= 0.3 is 30.2 Å². The number of hydrogen-bond acceptors (Lipinski definition) is 12. The number of aromatic nitrogens is 6. The third-order valence-corrected chi connectivity index (χ3v) is 23.0. The van der Waals surface area contributed by atoms with Crippen molar-refractivity contribution < 1.29 is 53.2 Å². The van der Waals surface area contributed by atoms with E-state index in [1.54, 1.807) is 21.6 Å². The maximum atomic E-state index is 12.6. The van der Waals surface area contributed by atoms with Gasteiger partial charge in [-0.25, -0.2) is 29.3 Å². The Labute approximate surface area is 592 Å². The molecule has 3 aromatic heterocycles. The van der Waals surface area contributed by atoms with Crippen molar-refractivity contribution >= 4 is 86.2 Å². The van der Waals surface area contributed by atoms with Gasteiger partial charge < -0.3 is 38.1 Å². The Balaban J connectivity index is 0.000000144. The zero-order chi connectivity index (χ0) is 71.4. The molecule has 7 atom stereocenters. The smallest absolute Gasteiger partial charge is 0.414 e. The number of amides is 3. The second-order valence-corrected chi connectivity index (χ2v) is 29.9. The molecule has 3 aliphatic heterocycles. The molecule has 20 nitrogen and oxygen atoms in total. The van der Waals surface area contributed by atoms with Crippen LogP contribution in [0.4, 0.5) is 31.4 Å². The average molecular weight is 1380 g/mol. The molecule has 3 amide bonds. The molecule has 8 aromatic rings. The summed E-state index contributed by atoms with van der Waals surface area (Å²) >= 11 is 0. The van der Waals surface area contributed by atoms with Crippen molar-refractivity contribution in [1.29, 1.82) is 0 Å². The molecule has 6 aliphatic rings. The zero-order valence-corrected chi connectivity index (χ0v) is 60.4. The van der Waals surface area contributed by atoms with E-state index in [1.165, 1.54) is 82.3 Å². The minimum Gasteiger partial charge on any atom is -0.481 e. The van der Waals surface area contributed by atoms with Crippen molar-refractivity contribution in [2.45, 2.75) is 226 Å². The van der Waals surface area contributed by atoms with Crippen LogP contribution in [-0.2, 0) is 73.7 Å². The highest BCUT2D eigenvalue weighted by Gasteiger charge is 2.43. The predicted molar refractivity (Wildman–Crippen MR) is 392 cm³/mol. The molecule has 20 heteroatoms. The van der Waals surface area contributed by atoms with Gasteiger partial charge in [0.05, 0.1) is 83.8 Å². The third kappa shape index (κ3) is 15.0. The summed E-state index contributed by atoms with van der Waals surface area (Å²) in [4.78, 5) is 93.7. The highest BCUT2D eigenvalue weighted by Crippen LogP contribution is 2.49. The van der Waals surface area contributed by atoms with Crippen molar-refractivity contribution in [2.24, 2.45) is 23.2 Å². The Morgan fingerprint density at radius 2 is 0.980 bits per heavy atom. The molecule has 0 radical (unpaired) electrons. The van der Waals surface area contributed by atoms with E-state index in [-0.39, 0.29) is 66.1 Å². The van der Waals surface area contributed by atoms with Crippen LogP contribution in [0.2, 0.25) is 0 Å². The number of benzene rings is 5. The van der Waals surface area contributed by atoms with Gasteiger partial charge in [-0.3, -0.25) is 29.1 Å². The number of anilines is 3. The zero-order valence-electron chi connectivity index (χ0n) is 60.4. The molecular formula is C81H101N9O11. The molecule has 2 N–H and O–H groups in total. The highest BCUT2D eigenvalue weighted by molar-refractivity contribution is 5.98. The van der Waals surface area contributed by atoms with Gasteiger partial charge in [-0.15, -0.1) is 0 Å². The second kappa shape index (κ2) is 31.0. The molecule has 101 heavy (non-hydrogen) atoms. The van der Waals surface area contributed by atoms with Gasteiger partial charge in [-0.05, 0) is 170 Å². The lowest BCUT2D eigenvalue weighted by Crippen LogP contribution is -2.42. The number of ketones is 1. The summed E-state index contributed by atoms with van der Waals surface area (Å²) in [5, 5.41) is 19.0. The number of carbonyl (C=O) groups is 6. The van der Waals surface area contributed by atoms with Crippen LogP contribution in [0, 0.1) is 23.2 Å². The van der Waals surface area contributed by atoms with Crippen LogP contribution < -0.4 is 14.7 Å². The SMILES string of the molecule is COC(=O)N1c2ccc3c(nc(CCC4CCCCC4)n3[C@@H]3CCC[C@@H](C(C)=O)C3)c2CC[C@@H]1C.COC(=O)N1c2ccc3c(nc(Cc4ccccc4)n3CCC(=O)O)c2CC[C@@H]1C.COC(=O)N1c2ccc3c(nc(Cc4ccccc4)n3[C@H]3CC[C@H](C(=O)O)C(C)(C)C3)c2CC[C@@H]1C. The number of carboxylic acid groups (broad SMARTS) is 2. The molecular weight excluding hydrogens is 1270 g/mol. The topological polar surface area (TPSA) is 234 Å². The van der Waals surface area contributed by atoms with Gasteiger partial charge in [0.2, 0.25) is 0 Å². The van der Waals surface area contributed by atoms with Crippen molar-refractivity contribution in [3.05, 3.63) is 142 Å². The summed E-state index contributed by atoms with van der Waals surface area (Å²) in [5.41, 5.74) is 13.9. The first-order valence-corrected chi connectivity index (χ1v) is 36.9. The van der Waals surface area contributed by atoms with Gasteiger partial charge in [0, 0.05) is 78.6 Å². The molecule has 3 saturated carbocycles. The maximum absolute atomic E-state index is 12.6. The number of methoxy groups -OCH3 is 3. The number of ether oxygens (including phenoxy) is 3. The fourth-order valence-corrected chi connectivity index (χ4v) is 17.6. The van der Waals surface area contributed by atoms with E-state index >= 15 is 0 Å². The summed E-state index contributed by atoms with van der Waals surface area (Å²) in [6.07, 6.45) is 20.8. The van der Waals surface area contributed by atoms with E-state index in [9.17, 15) is 39.0 Å². The number of imidazole rings is 3. The normalized spacial score (nSPS) is 21.8. The van der Waals surface area contributed by atoms with E-state index in [0.717, 1.165) is 162 Å². The monoisotopic (exact) mass is 1380 g/mol. The molecule has 0 saturated heterocycles. The molecule has 3 aliphatic carbocycles. The van der Waals surface area contributed by atoms with Gasteiger partial charge in [0.25, 0.3) is 0 Å². The predicted octanol–water partition coefficient (Wildman–Crippen LogP) is 16.8. The molecule has 0 bridgehead atoms. The first-order chi connectivity index (χ1) is 48.7. The summed E-state index contributed by atoms with van der Waals surface area (Å²) in [7, 11) is 4.26. The van der Waals surface area contributed by atoms with Gasteiger partial charge in [0.1, 0.15) is 23.3 Å². The Bertz CT molecular complexity index is 4340. The first-order valence-electron chi connectivity index (χ1n) is 36.9. The largest absolute Gasteiger partial charge is 0.481 e. The molecule has 6 heterocycles. The van der Waals surface area contributed by atoms with Crippen LogP contribution in [0.15, 0.2) is 97.1 Å². The van der Waals surface area contributed by atoms with Crippen LogP contribution in [0.5, 0.6) is 0 Å². The van der Waals surface area contributed by atoms with Crippen LogP contribution in [0.25, 0.3) is 33.1 Å². The number of nitrogens with zero attached hydrogens (tertiary/aromatic N) is 9. The Kier molecular flexibility index (Phi) is 22.0. The van der Waals surface area contributed by atoms with E-state index in [2.05, 4.69) is 60.2 Å². The molecule has 14 rings (SSSR count). The number of aliphatic carboxylic acids is 2. The Hall–Kier alpha value is -9.07. The summed E-state index contributed by atoms with van der Waals surface area (Å²) in [6, 6.07) is 33.3. The van der Waals surface area contributed by atoms with Crippen molar-refractivity contribution in [3.8, 4) is 0 Å². The quantitative estimate of drug-likeness (QED) is 0.0964. The van der Waals surface area contributed by atoms with E-state index in [4.69, 9.17) is 29.2 Å². The lowest BCUT2D eigenvalue weighted by molar-refractivity contribution is -0.148. The van der Waals surface area contributed by atoms with Crippen molar-refractivity contribution in [3.63, 3.8) is 0 Å². The molecule has 3 fully saturated rings. The maximum Gasteiger partial charge on any atom is 0.414 e. The fraction of sp³-hybridized carbons (Fsp3) is 0.519. The second-order valence-electron chi connectivity index (χ2n) is 29.9. The first kappa shape index (κ1) is 71.7. The number of carboxylic acids is 2. The van der Waals surface area contributed by atoms with Crippen molar-refractivity contribution in [1.82, 2.24) is 28.7 Å². The molecule has 536 valence electrons.